The minimum absolute atomic E-state index is 0.00623. The van der Waals surface area contributed by atoms with Gasteiger partial charge < -0.3 is 20.1 Å². The van der Waals surface area contributed by atoms with E-state index in [1.807, 2.05) is 44.7 Å². The van der Waals surface area contributed by atoms with Crippen molar-refractivity contribution in [2.75, 3.05) is 25.5 Å². The number of hydrogen-bond acceptors (Lipinski definition) is 5. The average molecular weight is 473 g/mol. The summed E-state index contributed by atoms with van der Waals surface area (Å²) in [7, 11) is 1.34. The van der Waals surface area contributed by atoms with E-state index in [1.54, 1.807) is 36.4 Å². The zero-order valence-corrected chi connectivity index (χ0v) is 20.6. The Balaban J connectivity index is 1.76. The Kier molecular flexibility index (Phi) is 7.39. The van der Waals surface area contributed by atoms with Gasteiger partial charge in [0, 0.05) is 29.2 Å². The lowest BCUT2D eigenvalue weighted by molar-refractivity contribution is -0.154. The van der Waals surface area contributed by atoms with Gasteiger partial charge in [0.2, 0.25) is 5.91 Å². The van der Waals surface area contributed by atoms with E-state index >= 15 is 0 Å². The molecule has 2 atom stereocenters. The molecule has 1 aliphatic rings. The van der Waals surface area contributed by atoms with Crippen LogP contribution in [-0.4, -0.2) is 48.1 Å². The van der Waals surface area contributed by atoms with Gasteiger partial charge in [-0.1, -0.05) is 51.4 Å². The molecule has 3 rings (SSSR count). The molecule has 0 bridgehead atoms. The second-order valence-electron chi connectivity index (χ2n) is 9.70. The van der Waals surface area contributed by atoms with E-state index in [-0.39, 0.29) is 11.8 Å². The van der Waals surface area contributed by atoms with Crippen LogP contribution in [0.5, 0.6) is 0 Å². The van der Waals surface area contributed by atoms with Crippen molar-refractivity contribution < 1.29 is 19.4 Å². The number of rotatable bonds is 6. The van der Waals surface area contributed by atoms with Crippen molar-refractivity contribution in [2.24, 2.45) is 11.3 Å². The number of piperidine rings is 1. The van der Waals surface area contributed by atoms with Gasteiger partial charge >= 0.3 is 5.97 Å². The molecule has 1 saturated heterocycles. The van der Waals surface area contributed by atoms with E-state index < -0.39 is 23.0 Å². The van der Waals surface area contributed by atoms with Crippen LogP contribution >= 0.6 is 11.6 Å². The highest BCUT2D eigenvalue weighted by Gasteiger charge is 2.50. The van der Waals surface area contributed by atoms with Crippen LogP contribution in [0.2, 0.25) is 5.02 Å². The minimum atomic E-state index is -1.06. The molecule has 1 heterocycles. The van der Waals surface area contributed by atoms with E-state index in [2.05, 4.69) is 5.32 Å². The lowest BCUT2D eigenvalue weighted by Crippen LogP contribution is -2.59. The van der Waals surface area contributed by atoms with E-state index in [4.69, 9.17) is 16.3 Å². The zero-order valence-electron chi connectivity index (χ0n) is 19.9. The second kappa shape index (κ2) is 9.74. The van der Waals surface area contributed by atoms with Crippen LogP contribution < -0.4 is 5.32 Å². The summed E-state index contributed by atoms with van der Waals surface area (Å²) in [5.41, 5.74) is 0.406. The van der Waals surface area contributed by atoms with Crippen LogP contribution in [0.3, 0.4) is 0 Å². The predicted molar refractivity (Wildman–Crippen MR) is 130 cm³/mol. The van der Waals surface area contributed by atoms with Gasteiger partial charge in [0.1, 0.15) is 6.04 Å². The van der Waals surface area contributed by atoms with Crippen LogP contribution in [0.15, 0.2) is 48.5 Å². The first kappa shape index (κ1) is 25.1. The fourth-order valence-electron chi connectivity index (χ4n) is 4.48. The Morgan fingerprint density at radius 3 is 2.21 bits per heavy atom. The number of nitrogens with one attached hydrogen (secondary N) is 1. The molecule has 2 N–H and O–H groups in total. The topological polar surface area (TPSA) is 78.9 Å². The highest BCUT2D eigenvalue weighted by atomic mass is 35.5. The van der Waals surface area contributed by atoms with Gasteiger partial charge in [0.05, 0.1) is 18.3 Å². The van der Waals surface area contributed by atoms with Gasteiger partial charge in [-0.05, 0) is 54.3 Å². The number of carbonyl (C=O) groups excluding carboxylic acids is 2. The zero-order chi connectivity index (χ0) is 24.4. The lowest BCUT2D eigenvalue weighted by atomic mass is 9.66. The number of nitrogens with zero attached hydrogens (tertiary/aromatic N) is 1. The van der Waals surface area contributed by atoms with Crippen LogP contribution in [-0.2, 0) is 15.1 Å². The molecule has 1 amide bonds. The molecule has 1 aliphatic heterocycles. The van der Waals surface area contributed by atoms with E-state index in [0.29, 0.717) is 30.1 Å². The molecule has 0 aromatic heterocycles. The molecule has 1 fully saturated rings. The third-order valence-corrected chi connectivity index (χ3v) is 6.90. The summed E-state index contributed by atoms with van der Waals surface area (Å²) in [6.45, 7) is 8.86. The molecule has 0 radical (unpaired) electrons. The average Bonchev–Trinajstić information content (AvgIpc) is 2.78. The summed E-state index contributed by atoms with van der Waals surface area (Å²) in [6, 6.07) is 13.7. The standard InChI is InChI=1S/C26H33ClN2O4/c1-17(2)22(28-21-12-6-18(7-13-21)24(31)33-5)23(30)29-15-14-26(32,25(3,4)16-29)19-8-10-20(27)11-9-19/h6-13,17,22,28,32H,14-16H2,1-5H3/t22-,26+/m1/s1. The van der Waals surface area contributed by atoms with E-state index in [9.17, 15) is 14.7 Å². The number of amides is 1. The van der Waals surface area contributed by atoms with Crippen molar-refractivity contribution in [3.05, 3.63) is 64.7 Å². The van der Waals surface area contributed by atoms with Crippen molar-refractivity contribution in [1.29, 1.82) is 0 Å². The highest BCUT2D eigenvalue weighted by molar-refractivity contribution is 6.30. The number of halogens is 1. The Morgan fingerprint density at radius 1 is 1.09 bits per heavy atom. The van der Waals surface area contributed by atoms with Crippen LogP contribution in [0.25, 0.3) is 0 Å². The number of methoxy groups -OCH3 is 1. The van der Waals surface area contributed by atoms with Crippen LogP contribution in [0.1, 0.15) is 50.0 Å². The molecule has 33 heavy (non-hydrogen) atoms. The minimum Gasteiger partial charge on any atom is -0.465 e. The summed E-state index contributed by atoms with van der Waals surface area (Å²) in [6.07, 6.45) is 0.437. The maximum atomic E-state index is 13.5. The van der Waals surface area contributed by atoms with Crippen LogP contribution in [0, 0.1) is 11.3 Å². The molecule has 7 heteroatoms. The number of hydrogen-bond donors (Lipinski definition) is 2. The molecule has 0 spiro atoms. The SMILES string of the molecule is COC(=O)c1ccc(N[C@@H](C(=O)N2CC[C@](O)(c3ccc(Cl)cc3)C(C)(C)C2)C(C)C)cc1. The van der Waals surface area contributed by atoms with E-state index in [1.165, 1.54) is 7.11 Å². The van der Waals surface area contributed by atoms with Gasteiger partial charge in [0.15, 0.2) is 0 Å². The van der Waals surface area contributed by atoms with Crippen LogP contribution in [0.4, 0.5) is 5.69 Å². The molecule has 2 aromatic rings. The Morgan fingerprint density at radius 2 is 1.70 bits per heavy atom. The highest BCUT2D eigenvalue weighted by Crippen LogP contribution is 2.46. The van der Waals surface area contributed by atoms with Gasteiger partial charge in [-0.25, -0.2) is 4.79 Å². The Bertz CT molecular complexity index is 988. The maximum Gasteiger partial charge on any atom is 0.337 e. The summed E-state index contributed by atoms with van der Waals surface area (Å²) < 4.78 is 4.74. The third-order valence-electron chi connectivity index (χ3n) is 6.64. The van der Waals surface area contributed by atoms with Gasteiger partial charge in [-0.3, -0.25) is 4.79 Å². The normalized spacial score (nSPS) is 20.9. The maximum absolute atomic E-state index is 13.5. The summed E-state index contributed by atoms with van der Waals surface area (Å²) in [5, 5.41) is 15.5. The van der Waals surface area contributed by atoms with Crippen molar-refractivity contribution in [1.82, 2.24) is 4.90 Å². The molecule has 0 aliphatic carbocycles. The Labute approximate surface area is 200 Å². The lowest BCUT2D eigenvalue weighted by Gasteiger charge is -2.51. The number of benzene rings is 2. The van der Waals surface area contributed by atoms with Gasteiger partial charge in [0.25, 0.3) is 0 Å². The van der Waals surface area contributed by atoms with Crippen molar-refractivity contribution in [3.63, 3.8) is 0 Å². The first-order valence-electron chi connectivity index (χ1n) is 11.2. The summed E-state index contributed by atoms with van der Waals surface area (Å²) in [4.78, 5) is 27.0. The number of carbonyl (C=O) groups is 2. The molecular formula is C26H33ClN2O4. The largest absolute Gasteiger partial charge is 0.465 e. The van der Waals surface area contributed by atoms with Crippen molar-refractivity contribution in [2.45, 2.75) is 45.8 Å². The second-order valence-corrected chi connectivity index (χ2v) is 10.1. The molecule has 0 unspecified atom stereocenters. The number of likely N-dealkylation sites (tertiary alicyclic amines) is 1. The smallest absolute Gasteiger partial charge is 0.337 e. The Hall–Kier alpha value is -2.57. The van der Waals surface area contributed by atoms with Crippen molar-refractivity contribution >= 4 is 29.2 Å². The number of anilines is 1. The first-order chi connectivity index (χ1) is 15.5. The monoisotopic (exact) mass is 472 g/mol. The molecule has 6 nitrogen and oxygen atoms in total. The predicted octanol–water partition coefficient (Wildman–Crippen LogP) is 4.71. The van der Waals surface area contributed by atoms with Crippen molar-refractivity contribution in [3.8, 4) is 0 Å². The molecule has 0 saturated carbocycles. The van der Waals surface area contributed by atoms with Gasteiger partial charge in [-0.15, -0.1) is 0 Å². The number of ether oxygens (including phenoxy) is 1. The third kappa shape index (κ3) is 5.17. The molecule has 2 aromatic carbocycles. The first-order valence-corrected chi connectivity index (χ1v) is 11.6. The fourth-order valence-corrected chi connectivity index (χ4v) is 4.61. The molecule has 178 valence electrons. The van der Waals surface area contributed by atoms with Gasteiger partial charge in [-0.2, -0.15) is 0 Å². The molecular weight excluding hydrogens is 440 g/mol. The van der Waals surface area contributed by atoms with E-state index in [0.717, 1.165) is 11.3 Å². The summed E-state index contributed by atoms with van der Waals surface area (Å²) >= 11 is 6.03. The quantitative estimate of drug-likeness (QED) is 0.595. The number of aliphatic hydroxyl groups is 1. The fraction of sp³-hybridized carbons (Fsp3) is 0.462. The number of esters is 1. The summed E-state index contributed by atoms with van der Waals surface area (Å²) in [5.74, 6) is -0.368.